The van der Waals surface area contributed by atoms with Crippen LogP contribution in [0.15, 0.2) is 58.4 Å². The Morgan fingerprint density at radius 1 is 1.19 bits per heavy atom. The topological polar surface area (TPSA) is 89.0 Å². The number of halogens is 1. The third-order valence-electron chi connectivity index (χ3n) is 5.00. The molecular formula is C24H18ClN3O3S. The Hall–Kier alpha value is -3.47. The van der Waals surface area contributed by atoms with Crippen LogP contribution in [0.5, 0.6) is 5.75 Å². The molecule has 32 heavy (non-hydrogen) atoms. The molecule has 0 saturated carbocycles. The van der Waals surface area contributed by atoms with Gasteiger partial charge < -0.3 is 9.26 Å². The van der Waals surface area contributed by atoms with Crippen LogP contribution in [0.2, 0.25) is 5.02 Å². The number of aromatic nitrogens is 2. The molecule has 2 heterocycles. The Morgan fingerprint density at radius 2 is 1.91 bits per heavy atom. The molecule has 6 nitrogen and oxygen atoms in total. The lowest BCUT2D eigenvalue weighted by molar-refractivity contribution is 0.0979. The van der Waals surface area contributed by atoms with Crippen LogP contribution in [-0.2, 0) is 6.61 Å². The monoisotopic (exact) mass is 463 g/mol. The summed E-state index contributed by atoms with van der Waals surface area (Å²) in [5, 5.41) is 16.5. The molecule has 1 atom stereocenters. The molecule has 2 aromatic heterocycles. The first-order chi connectivity index (χ1) is 15.5. The van der Waals surface area contributed by atoms with Gasteiger partial charge in [-0.2, -0.15) is 5.26 Å². The minimum absolute atomic E-state index is 0.304. The lowest BCUT2D eigenvalue weighted by Gasteiger charge is -2.08. The van der Waals surface area contributed by atoms with Crippen LogP contribution >= 0.6 is 22.9 Å². The van der Waals surface area contributed by atoms with Crippen molar-refractivity contribution in [2.75, 3.05) is 0 Å². The van der Waals surface area contributed by atoms with Crippen LogP contribution in [-0.4, -0.2) is 15.9 Å². The Bertz CT molecular complexity index is 1270. The van der Waals surface area contributed by atoms with E-state index in [1.165, 1.54) is 11.3 Å². The van der Waals surface area contributed by atoms with E-state index in [0.29, 0.717) is 39.4 Å². The summed E-state index contributed by atoms with van der Waals surface area (Å²) in [6, 6.07) is 16.1. The van der Waals surface area contributed by atoms with E-state index in [4.69, 9.17) is 20.9 Å². The second kappa shape index (κ2) is 9.35. The number of hydrogen-bond donors (Lipinski definition) is 0. The summed E-state index contributed by atoms with van der Waals surface area (Å²) in [7, 11) is 0. The normalized spacial score (nSPS) is 11.7. The molecule has 0 radical (unpaired) electrons. The molecule has 0 aliphatic heterocycles. The van der Waals surface area contributed by atoms with E-state index < -0.39 is 5.92 Å². The molecule has 1 unspecified atom stereocenters. The number of nitriles is 1. The number of ether oxygens (including phenoxy) is 1. The number of thiazole rings is 1. The van der Waals surface area contributed by atoms with E-state index >= 15 is 0 Å². The number of rotatable bonds is 7. The highest BCUT2D eigenvalue weighted by molar-refractivity contribution is 7.10. The van der Waals surface area contributed by atoms with Crippen molar-refractivity contribution in [2.24, 2.45) is 0 Å². The second-order valence-corrected chi connectivity index (χ2v) is 8.45. The van der Waals surface area contributed by atoms with Gasteiger partial charge in [0.15, 0.2) is 11.7 Å². The first-order valence-corrected chi connectivity index (χ1v) is 11.0. The van der Waals surface area contributed by atoms with E-state index in [1.807, 2.05) is 31.4 Å². The fourth-order valence-electron chi connectivity index (χ4n) is 3.14. The number of Topliss-reactive ketones (excluding diaryl/α,β-unsaturated/α-hetero) is 1. The third kappa shape index (κ3) is 4.57. The SMILES string of the molecule is Cc1noc(C)c1COc1ccc(C(=O)C(C#N)c2nc(-c3ccc(Cl)cc3)cs2)cc1. The van der Waals surface area contributed by atoms with E-state index in [2.05, 4.69) is 16.2 Å². The molecular weight excluding hydrogens is 446 g/mol. The minimum Gasteiger partial charge on any atom is -0.489 e. The Morgan fingerprint density at radius 3 is 2.53 bits per heavy atom. The summed E-state index contributed by atoms with van der Waals surface area (Å²) in [5.74, 6) is 0.0406. The number of hydrogen-bond acceptors (Lipinski definition) is 7. The number of ketones is 1. The Kier molecular flexibility index (Phi) is 6.35. The summed E-state index contributed by atoms with van der Waals surface area (Å²) in [6.07, 6.45) is 0. The zero-order valence-corrected chi connectivity index (χ0v) is 18.9. The van der Waals surface area contributed by atoms with Gasteiger partial charge in [-0.3, -0.25) is 4.79 Å². The van der Waals surface area contributed by atoms with Crippen LogP contribution < -0.4 is 4.74 Å². The summed E-state index contributed by atoms with van der Waals surface area (Å²) in [6.45, 7) is 4.01. The van der Waals surface area contributed by atoms with Gasteiger partial charge in [-0.15, -0.1) is 11.3 Å². The molecule has 0 saturated heterocycles. The van der Waals surface area contributed by atoms with Crippen molar-refractivity contribution in [3.05, 3.63) is 86.5 Å². The van der Waals surface area contributed by atoms with Gasteiger partial charge in [0.25, 0.3) is 0 Å². The number of aryl methyl sites for hydroxylation is 2. The highest BCUT2D eigenvalue weighted by atomic mass is 35.5. The number of nitrogens with zero attached hydrogens (tertiary/aromatic N) is 3. The molecule has 0 aliphatic carbocycles. The van der Waals surface area contributed by atoms with Crippen molar-refractivity contribution in [3.8, 4) is 23.1 Å². The summed E-state index contributed by atoms with van der Waals surface area (Å²) in [5.41, 5.74) is 3.69. The average Bonchev–Trinajstić information content (AvgIpc) is 3.41. The number of carbonyl (C=O) groups excluding carboxylic acids is 1. The zero-order valence-electron chi connectivity index (χ0n) is 17.3. The van der Waals surface area contributed by atoms with E-state index in [9.17, 15) is 10.1 Å². The molecule has 0 aliphatic rings. The van der Waals surface area contributed by atoms with Crippen LogP contribution in [0.1, 0.15) is 38.3 Å². The quantitative estimate of drug-likeness (QED) is 0.306. The highest BCUT2D eigenvalue weighted by Crippen LogP contribution is 2.29. The maximum absolute atomic E-state index is 13.0. The minimum atomic E-state index is -0.977. The fourth-order valence-corrected chi connectivity index (χ4v) is 4.14. The average molecular weight is 464 g/mol. The van der Waals surface area contributed by atoms with Crippen molar-refractivity contribution in [1.82, 2.24) is 10.1 Å². The Balaban J connectivity index is 1.47. The predicted molar refractivity (Wildman–Crippen MR) is 122 cm³/mol. The van der Waals surface area contributed by atoms with Crippen molar-refractivity contribution in [2.45, 2.75) is 26.4 Å². The Labute approximate surface area is 194 Å². The van der Waals surface area contributed by atoms with Crippen molar-refractivity contribution < 1.29 is 14.1 Å². The molecule has 0 spiro atoms. The van der Waals surface area contributed by atoms with Gasteiger partial charge in [0, 0.05) is 21.5 Å². The van der Waals surface area contributed by atoms with Crippen molar-refractivity contribution in [1.29, 1.82) is 5.26 Å². The summed E-state index contributed by atoms with van der Waals surface area (Å²) < 4.78 is 10.9. The molecule has 0 N–H and O–H groups in total. The van der Waals surface area contributed by atoms with E-state index in [-0.39, 0.29) is 5.78 Å². The van der Waals surface area contributed by atoms with Crippen molar-refractivity contribution in [3.63, 3.8) is 0 Å². The lowest BCUT2D eigenvalue weighted by atomic mass is 9.99. The second-order valence-electron chi connectivity index (χ2n) is 7.12. The van der Waals surface area contributed by atoms with Crippen LogP contribution in [0.4, 0.5) is 0 Å². The number of carbonyl (C=O) groups is 1. The van der Waals surface area contributed by atoms with Gasteiger partial charge in [-0.25, -0.2) is 4.98 Å². The van der Waals surface area contributed by atoms with E-state index in [0.717, 1.165) is 16.8 Å². The zero-order chi connectivity index (χ0) is 22.7. The molecule has 160 valence electrons. The maximum atomic E-state index is 13.0. The maximum Gasteiger partial charge on any atom is 0.186 e. The van der Waals surface area contributed by atoms with Gasteiger partial charge in [0.2, 0.25) is 0 Å². The number of benzene rings is 2. The largest absolute Gasteiger partial charge is 0.489 e. The molecule has 8 heteroatoms. The fraction of sp³-hybridized carbons (Fsp3) is 0.167. The van der Waals surface area contributed by atoms with Crippen LogP contribution in [0, 0.1) is 25.2 Å². The van der Waals surface area contributed by atoms with Gasteiger partial charge in [-0.05, 0) is 50.2 Å². The highest BCUT2D eigenvalue weighted by Gasteiger charge is 2.25. The lowest BCUT2D eigenvalue weighted by Crippen LogP contribution is -2.11. The van der Waals surface area contributed by atoms with Gasteiger partial charge in [0.1, 0.15) is 23.1 Å². The van der Waals surface area contributed by atoms with Gasteiger partial charge in [-0.1, -0.05) is 28.9 Å². The standard InChI is InChI=1S/C24H18ClN3O3S/c1-14-21(15(2)31-28-14)12-30-19-9-5-17(6-10-19)23(29)20(11-26)24-27-22(13-32-24)16-3-7-18(25)8-4-16/h3-10,13,20H,12H2,1-2H3. The molecule has 4 rings (SSSR count). The molecule has 0 bridgehead atoms. The van der Waals surface area contributed by atoms with Crippen molar-refractivity contribution >= 4 is 28.7 Å². The molecule has 2 aromatic carbocycles. The third-order valence-corrected chi connectivity index (χ3v) is 6.16. The molecule has 0 amide bonds. The van der Waals surface area contributed by atoms with Crippen LogP contribution in [0.25, 0.3) is 11.3 Å². The molecule has 0 fully saturated rings. The van der Waals surface area contributed by atoms with Gasteiger partial charge in [0.05, 0.1) is 23.0 Å². The first kappa shape index (κ1) is 21.8. The summed E-state index contributed by atoms with van der Waals surface area (Å²) >= 11 is 7.23. The predicted octanol–water partition coefficient (Wildman–Crippen LogP) is 6.14. The smallest absolute Gasteiger partial charge is 0.186 e. The first-order valence-electron chi connectivity index (χ1n) is 9.76. The summed E-state index contributed by atoms with van der Waals surface area (Å²) in [4.78, 5) is 17.5. The van der Waals surface area contributed by atoms with E-state index in [1.54, 1.807) is 36.4 Å². The van der Waals surface area contributed by atoms with Gasteiger partial charge >= 0.3 is 0 Å². The van der Waals surface area contributed by atoms with Crippen LogP contribution in [0.3, 0.4) is 0 Å². The molecule has 4 aromatic rings.